The first-order valence-corrected chi connectivity index (χ1v) is 7.42. The van der Waals surface area contributed by atoms with Crippen molar-refractivity contribution < 1.29 is 0 Å². The molecular formula is C15H22N6. The average Bonchev–Trinajstić information content (AvgIpc) is 2.86. The zero-order valence-electron chi connectivity index (χ0n) is 12.6. The van der Waals surface area contributed by atoms with Crippen molar-refractivity contribution in [3.05, 3.63) is 18.2 Å². The number of rotatable bonds is 2. The van der Waals surface area contributed by atoms with Crippen molar-refractivity contribution in [2.45, 2.75) is 45.6 Å². The van der Waals surface area contributed by atoms with Crippen molar-refractivity contribution in [2.75, 3.05) is 11.5 Å². The highest BCUT2D eigenvalue weighted by Gasteiger charge is 2.35. The maximum absolute atomic E-state index is 5.89. The molecule has 1 unspecified atom stereocenters. The summed E-state index contributed by atoms with van der Waals surface area (Å²) in [5, 5.41) is 12.3. The van der Waals surface area contributed by atoms with Crippen LogP contribution in [0.15, 0.2) is 18.2 Å². The van der Waals surface area contributed by atoms with Gasteiger partial charge in [-0.2, -0.15) is 0 Å². The Kier molecular flexibility index (Phi) is 3.31. The predicted octanol–water partition coefficient (Wildman–Crippen LogP) is 2.65. The second-order valence-corrected chi connectivity index (χ2v) is 6.59. The summed E-state index contributed by atoms with van der Waals surface area (Å²) < 4.78 is 1.95. The molecule has 1 fully saturated rings. The van der Waals surface area contributed by atoms with E-state index in [0.717, 1.165) is 17.8 Å². The fourth-order valence-corrected chi connectivity index (χ4v) is 3.33. The van der Waals surface area contributed by atoms with E-state index < -0.39 is 0 Å². The molecule has 1 aromatic carbocycles. The molecule has 1 heterocycles. The largest absolute Gasteiger partial charge is 0.399 e. The number of aromatic nitrogens is 4. The normalized spacial score (nSPS) is 21.3. The van der Waals surface area contributed by atoms with Gasteiger partial charge in [0.2, 0.25) is 0 Å². The molecule has 1 aliphatic rings. The minimum absolute atomic E-state index is 0.189. The molecule has 21 heavy (non-hydrogen) atoms. The third-order valence-corrected chi connectivity index (χ3v) is 4.47. The first-order chi connectivity index (χ1) is 9.97. The molecule has 2 aromatic rings. The Morgan fingerprint density at radius 2 is 1.86 bits per heavy atom. The molecule has 6 nitrogen and oxygen atoms in total. The number of benzene rings is 1. The van der Waals surface area contributed by atoms with Gasteiger partial charge in [-0.05, 0) is 46.9 Å². The van der Waals surface area contributed by atoms with Gasteiger partial charge < -0.3 is 11.5 Å². The Labute approximate surface area is 124 Å². The lowest BCUT2D eigenvalue weighted by atomic mass is 9.73. The van der Waals surface area contributed by atoms with Crippen LogP contribution in [0.4, 0.5) is 11.4 Å². The minimum atomic E-state index is 0.189. The molecule has 0 saturated heterocycles. The summed E-state index contributed by atoms with van der Waals surface area (Å²) >= 11 is 0. The van der Waals surface area contributed by atoms with Crippen LogP contribution in [0.1, 0.15) is 45.6 Å². The molecule has 112 valence electrons. The number of nitrogens with zero attached hydrogens (tertiary/aromatic N) is 4. The molecule has 0 aliphatic heterocycles. The zero-order valence-corrected chi connectivity index (χ0v) is 12.6. The smallest absolute Gasteiger partial charge is 0.182 e. The molecule has 0 bridgehead atoms. The molecule has 6 heteroatoms. The fraction of sp³-hybridized carbons (Fsp3) is 0.533. The van der Waals surface area contributed by atoms with Gasteiger partial charge in [-0.15, -0.1) is 5.10 Å². The molecule has 1 aliphatic carbocycles. The lowest BCUT2D eigenvalue weighted by Crippen LogP contribution is -2.31. The third-order valence-electron chi connectivity index (χ3n) is 4.47. The van der Waals surface area contributed by atoms with Crippen molar-refractivity contribution in [3.8, 4) is 11.4 Å². The van der Waals surface area contributed by atoms with Gasteiger partial charge in [-0.1, -0.05) is 26.7 Å². The highest BCUT2D eigenvalue weighted by Crippen LogP contribution is 2.44. The lowest BCUT2D eigenvalue weighted by molar-refractivity contribution is 0.132. The number of nitrogens with two attached hydrogens (primary N) is 2. The van der Waals surface area contributed by atoms with Gasteiger partial charge in [0.25, 0.3) is 0 Å². The maximum atomic E-state index is 5.89. The monoisotopic (exact) mass is 286 g/mol. The van der Waals surface area contributed by atoms with Crippen molar-refractivity contribution in [2.24, 2.45) is 5.41 Å². The van der Waals surface area contributed by atoms with Gasteiger partial charge in [-0.25, -0.2) is 4.68 Å². The van der Waals surface area contributed by atoms with Crippen LogP contribution in [0.2, 0.25) is 0 Å². The Morgan fingerprint density at radius 3 is 2.52 bits per heavy atom. The molecule has 1 atom stereocenters. The molecule has 0 radical (unpaired) electrons. The molecule has 1 saturated carbocycles. The highest BCUT2D eigenvalue weighted by molar-refractivity contribution is 5.67. The van der Waals surface area contributed by atoms with Gasteiger partial charge in [0, 0.05) is 16.9 Å². The summed E-state index contributed by atoms with van der Waals surface area (Å²) in [7, 11) is 0. The van der Waals surface area contributed by atoms with E-state index in [2.05, 4.69) is 29.4 Å². The van der Waals surface area contributed by atoms with E-state index >= 15 is 0 Å². The fourth-order valence-electron chi connectivity index (χ4n) is 3.33. The highest BCUT2D eigenvalue weighted by atomic mass is 15.6. The van der Waals surface area contributed by atoms with E-state index in [4.69, 9.17) is 11.5 Å². The number of tetrazole rings is 1. The average molecular weight is 286 g/mol. The lowest BCUT2D eigenvalue weighted by Gasteiger charge is -2.38. The second-order valence-electron chi connectivity index (χ2n) is 6.59. The topological polar surface area (TPSA) is 95.6 Å². The summed E-state index contributed by atoms with van der Waals surface area (Å²) in [4.78, 5) is 0. The SMILES string of the molecule is CC1(C)CCCCC1n1nnnc1-c1cc(N)cc(N)c1. The van der Waals surface area contributed by atoms with E-state index in [0.29, 0.717) is 17.4 Å². The van der Waals surface area contributed by atoms with Gasteiger partial charge >= 0.3 is 0 Å². The van der Waals surface area contributed by atoms with Crippen LogP contribution < -0.4 is 11.5 Å². The molecule has 0 amide bonds. The molecule has 4 N–H and O–H groups in total. The van der Waals surface area contributed by atoms with Gasteiger partial charge in [0.05, 0.1) is 6.04 Å². The maximum Gasteiger partial charge on any atom is 0.182 e. The number of hydrogen-bond acceptors (Lipinski definition) is 5. The number of anilines is 2. The Hall–Kier alpha value is -2.11. The molecular weight excluding hydrogens is 264 g/mol. The van der Waals surface area contributed by atoms with Gasteiger partial charge in [0.1, 0.15) is 0 Å². The van der Waals surface area contributed by atoms with Gasteiger partial charge in [0.15, 0.2) is 5.82 Å². The molecule has 0 spiro atoms. The van der Waals surface area contributed by atoms with E-state index in [1.54, 1.807) is 6.07 Å². The summed E-state index contributed by atoms with van der Waals surface area (Å²) in [6, 6.07) is 5.78. The van der Waals surface area contributed by atoms with Crippen LogP contribution in [0.3, 0.4) is 0 Å². The number of nitrogen functional groups attached to an aromatic ring is 2. The Balaban J connectivity index is 2.04. The van der Waals surface area contributed by atoms with Crippen LogP contribution in [-0.4, -0.2) is 20.2 Å². The Morgan fingerprint density at radius 1 is 1.14 bits per heavy atom. The zero-order chi connectivity index (χ0) is 15.0. The van der Waals surface area contributed by atoms with Crippen LogP contribution in [0.5, 0.6) is 0 Å². The summed E-state index contributed by atoms with van der Waals surface area (Å²) in [6.45, 7) is 4.58. The number of hydrogen-bond donors (Lipinski definition) is 2. The standard InChI is InChI=1S/C15H22N6/c1-15(2)6-4-3-5-13(15)21-14(18-19-20-21)10-7-11(16)9-12(17)8-10/h7-9,13H,3-6,16-17H2,1-2H3. The van der Waals surface area contributed by atoms with Crippen molar-refractivity contribution in [3.63, 3.8) is 0 Å². The van der Waals surface area contributed by atoms with Crippen LogP contribution >= 0.6 is 0 Å². The predicted molar refractivity (Wildman–Crippen MR) is 83.4 cm³/mol. The molecule has 3 rings (SSSR count). The Bertz CT molecular complexity index is 625. The van der Waals surface area contributed by atoms with Crippen molar-refractivity contribution >= 4 is 11.4 Å². The summed E-state index contributed by atoms with van der Waals surface area (Å²) in [5.74, 6) is 0.744. The van der Waals surface area contributed by atoms with E-state index in [9.17, 15) is 0 Å². The molecule has 1 aromatic heterocycles. The first kappa shape index (κ1) is 13.9. The van der Waals surface area contributed by atoms with Crippen LogP contribution in [0.25, 0.3) is 11.4 Å². The summed E-state index contributed by atoms with van der Waals surface area (Å²) in [5.41, 5.74) is 14.1. The second kappa shape index (κ2) is 5.02. The van der Waals surface area contributed by atoms with Crippen molar-refractivity contribution in [1.29, 1.82) is 0 Å². The van der Waals surface area contributed by atoms with E-state index in [1.165, 1.54) is 19.3 Å². The van der Waals surface area contributed by atoms with Crippen LogP contribution in [0, 0.1) is 5.41 Å². The van der Waals surface area contributed by atoms with Crippen molar-refractivity contribution in [1.82, 2.24) is 20.2 Å². The van der Waals surface area contributed by atoms with Crippen LogP contribution in [-0.2, 0) is 0 Å². The third kappa shape index (κ3) is 2.57. The van der Waals surface area contributed by atoms with E-state index in [-0.39, 0.29) is 5.41 Å². The minimum Gasteiger partial charge on any atom is -0.399 e. The first-order valence-electron chi connectivity index (χ1n) is 7.42. The summed E-state index contributed by atoms with van der Waals surface area (Å²) in [6.07, 6.45) is 4.78. The van der Waals surface area contributed by atoms with E-state index in [1.807, 2.05) is 16.8 Å². The van der Waals surface area contributed by atoms with Gasteiger partial charge in [-0.3, -0.25) is 0 Å². The quantitative estimate of drug-likeness (QED) is 0.827.